The molecule has 9 heteroatoms. The third-order valence-electron chi connectivity index (χ3n) is 6.54. The molecule has 0 spiro atoms. The van der Waals surface area contributed by atoms with Gasteiger partial charge >= 0.3 is 0 Å². The molecule has 1 aromatic heterocycles. The van der Waals surface area contributed by atoms with Gasteiger partial charge in [0.1, 0.15) is 11.5 Å². The van der Waals surface area contributed by atoms with Crippen molar-refractivity contribution in [1.29, 1.82) is 0 Å². The monoisotopic (exact) mass is 565 g/mol. The van der Waals surface area contributed by atoms with Crippen LogP contribution in [0.3, 0.4) is 0 Å². The van der Waals surface area contributed by atoms with Gasteiger partial charge in [-0.15, -0.1) is 0 Å². The third kappa shape index (κ3) is 5.03. The molecule has 0 unspecified atom stereocenters. The van der Waals surface area contributed by atoms with Gasteiger partial charge < -0.3 is 4.42 Å². The topological polar surface area (TPSA) is 89.0 Å². The van der Waals surface area contributed by atoms with Crippen molar-refractivity contribution in [3.05, 3.63) is 85.9 Å². The van der Waals surface area contributed by atoms with Gasteiger partial charge in [-0.25, -0.2) is 4.99 Å². The quantitative estimate of drug-likeness (QED) is 0.179. The summed E-state index contributed by atoms with van der Waals surface area (Å²) >= 11 is 4.76. The number of amidine groups is 1. The van der Waals surface area contributed by atoms with Crippen molar-refractivity contribution in [2.75, 3.05) is 0 Å². The number of non-ortho nitro benzene ring substituents is 1. The van der Waals surface area contributed by atoms with E-state index in [1.807, 2.05) is 35.2 Å². The van der Waals surface area contributed by atoms with Crippen molar-refractivity contribution in [1.82, 2.24) is 4.90 Å². The lowest BCUT2D eigenvalue weighted by Gasteiger charge is -2.35. The van der Waals surface area contributed by atoms with Crippen LogP contribution in [0, 0.1) is 16.0 Å². The molecule has 1 amide bonds. The maximum Gasteiger partial charge on any atom is 0.270 e. The molecule has 2 fully saturated rings. The number of nitrogens with zero attached hydrogens (tertiary/aromatic N) is 3. The van der Waals surface area contributed by atoms with Gasteiger partial charge in [0.15, 0.2) is 5.17 Å². The van der Waals surface area contributed by atoms with Crippen LogP contribution in [-0.2, 0) is 4.79 Å². The molecule has 1 aliphatic heterocycles. The molecule has 5 rings (SSSR count). The molecule has 1 aliphatic carbocycles. The van der Waals surface area contributed by atoms with E-state index in [1.165, 1.54) is 30.3 Å². The number of hydrogen-bond donors (Lipinski definition) is 0. The van der Waals surface area contributed by atoms with Crippen LogP contribution in [0.15, 0.2) is 79.5 Å². The number of carbonyl (C=O) groups excluding carboxylic acids is 1. The van der Waals surface area contributed by atoms with E-state index in [2.05, 4.69) is 22.9 Å². The van der Waals surface area contributed by atoms with Gasteiger partial charge in [-0.05, 0) is 76.8 Å². The fourth-order valence-corrected chi connectivity index (χ4v) is 6.26. The maximum absolute atomic E-state index is 13.6. The SMILES string of the molecule is C[C@@H]1CCCC[C@@H]1N1C(=O)/C(=C/c2ccc(-c3ccc([N+](=O)[O-])cc3Br)o2)SC1=Nc1ccccc1. The van der Waals surface area contributed by atoms with E-state index in [9.17, 15) is 14.9 Å². The number of furan rings is 1. The lowest BCUT2D eigenvalue weighted by Crippen LogP contribution is -2.44. The van der Waals surface area contributed by atoms with E-state index >= 15 is 0 Å². The first-order chi connectivity index (χ1) is 17.4. The fourth-order valence-electron chi connectivity index (χ4n) is 4.67. The summed E-state index contributed by atoms with van der Waals surface area (Å²) in [6, 6.07) is 17.9. The summed E-state index contributed by atoms with van der Waals surface area (Å²) in [7, 11) is 0. The molecule has 0 N–H and O–H groups in total. The van der Waals surface area contributed by atoms with E-state index in [4.69, 9.17) is 9.41 Å². The Bertz CT molecular complexity index is 1370. The zero-order valence-corrected chi connectivity index (χ0v) is 22.0. The Hall–Kier alpha value is -3.17. The lowest BCUT2D eigenvalue weighted by molar-refractivity contribution is -0.384. The largest absolute Gasteiger partial charge is 0.457 e. The van der Waals surface area contributed by atoms with Gasteiger partial charge in [-0.1, -0.05) is 38.0 Å². The summed E-state index contributed by atoms with van der Waals surface area (Å²) in [5.74, 6) is 1.43. The molecule has 2 aliphatic rings. The van der Waals surface area contributed by atoms with Gasteiger partial charge in [0.2, 0.25) is 0 Å². The molecule has 2 heterocycles. The van der Waals surface area contributed by atoms with Crippen LogP contribution in [0.1, 0.15) is 38.4 Å². The second kappa shape index (κ2) is 10.4. The van der Waals surface area contributed by atoms with Crippen LogP contribution in [0.25, 0.3) is 17.4 Å². The Morgan fingerprint density at radius 2 is 1.92 bits per heavy atom. The Kier molecular flexibility index (Phi) is 7.11. The van der Waals surface area contributed by atoms with Crippen molar-refractivity contribution in [3.8, 4) is 11.3 Å². The zero-order chi connectivity index (χ0) is 25.2. The summed E-state index contributed by atoms with van der Waals surface area (Å²) < 4.78 is 6.58. The van der Waals surface area contributed by atoms with Gasteiger partial charge in [0.05, 0.1) is 15.5 Å². The predicted octanol–water partition coefficient (Wildman–Crippen LogP) is 7.80. The number of para-hydroxylation sites is 1. The lowest BCUT2D eigenvalue weighted by atomic mass is 9.85. The summed E-state index contributed by atoms with van der Waals surface area (Å²) in [5.41, 5.74) is 1.50. The Morgan fingerprint density at radius 3 is 2.64 bits per heavy atom. The van der Waals surface area contributed by atoms with Crippen LogP contribution in [0.2, 0.25) is 0 Å². The van der Waals surface area contributed by atoms with Crippen LogP contribution in [0.5, 0.6) is 0 Å². The highest BCUT2D eigenvalue weighted by Crippen LogP contribution is 2.41. The first-order valence-corrected chi connectivity index (χ1v) is 13.4. The van der Waals surface area contributed by atoms with E-state index in [-0.39, 0.29) is 17.6 Å². The average Bonchev–Trinajstić information content (AvgIpc) is 3.44. The Morgan fingerprint density at radius 1 is 1.14 bits per heavy atom. The van der Waals surface area contributed by atoms with E-state index in [1.54, 1.807) is 24.3 Å². The second-order valence-electron chi connectivity index (χ2n) is 8.97. The van der Waals surface area contributed by atoms with Gasteiger partial charge in [0.25, 0.3) is 11.6 Å². The highest BCUT2D eigenvalue weighted by molar-refractivity contribution is 9.10. The Balaban J connectivity index is 1.46. The van der Waals surface area contributed by atoms with Crippen LogP contribution in [0.4, 0.5) is 11.4 Å². The molecule has 3 aromatic rings. The fraction of sp³-hybridized carbons (Fsp3) is 0.259. The summed E-state index contributed by atoms with van der Waals surface area (Å²) in [5, 5.41) is 11.7. The summed E-state index contributed by atoms with van der Waals surface area (Å²) in [4.78, 5) is 31.5. The molecule has 1 saturated carbocycles. The Labute approximate surface area is 221 Å². The molecule has 36 heavy (non-hydrogen) atoms. The van der Waals surface area contributed by atoms with Crippen LogP contribution < -0.4 is 0 Å². The first-order valence-electron chi connectivity index (χ1n) is 11.8. The standard InChI is InChI=1S/C27H24BrN3O4S/c1-17-7-5-6-10-23(17)30-26(32)25(36-27(30)29-18-8-3-2-4-9-18)16-20-12-14-24(35-20)21-13-11-19(31(33)34)15-22(21)28/h2-4,8-9,11-17,23H,5-7,10H2,1H3/b25-16-,29-27?/t17-,23+/m1/s1. The minimum atomic E-state index is -0.442. The number of benzene rings is 2. The normalized spacial score (nSPS) is 22.5. The minimum Gasteiger partial charge on any atom is -0.457 e. The van der Waals surface area contributed by atoms with Gasteiger partial charge in [-0.3, -0.25) is 19.8 Å². The molecule has 0 radical (unpaired) electrons. The number of carbonyl (C=O) groups is 1. The number of halogens is 1. The van der Waals surface area contributed by atoms with E-state index in [0.717, 1.165) is 24.9 Å². The summed E-state index contributed by atoms with van der Waals surface area (Å²) in [6.45, 7) is 2.21. The second-order valence-corrected chi connectivity index (χ2v) is 10.8. The molecule has 0 bridgehead atoms. The highest BCUT2D eigenvalue weighted by atomic mass is 79.9. The average molecular weight is 566 g/mol. The highest BCUT2D eigenvalue weighted by Gasteiger charge is 2.41. The number of nitro groups is 1. The molecular formula is C27H24BrN3O4S. The van der Waals surface area contributed by atoms with Crippen molar-refractivity contribution in [2.45, 2.75) is 38.6 Å². The third-order valence-corrected chi connectivity index (χ3v) is 8.18. The minimum absolute atomic E-state index is 0.00487. The molecular weight excluding hydrogens is 542 g/mol. The number of hydrogen-bond acceptors (Lipinski definition) is 6. The molecule has 7 nitrogen and oxygen atoms in total. The predicted molar refractivity (Wildman–Crippen MR) is 146 cm³/mol. The van der Waals surface area contributed by atoms with Gasteiger partial charge in [0, 0.05) is 34.3 Å². The number of rotatable bonds is 5. The van der Waals surface area contributed by atoms with Crippen molar-refractivity contribution < 1.29 is 14.1 Å². The van der Waals surface area contributed by atoms with Crippen molar-refractivity contribution >= 4 is 56.2 Å². The van der Waals surface area contributed by atoms with Crippen molar-refractivity contribution in [3.63, 3.8) is 0 Å². The molecule has 2 atom stereocenters. The number of thioether (sulfide) groups is 1. The maximum atomic E-state index is 13.6. The van der Waals surface area contributed by atoms with Crippen LogP contribution in [-0.4, -0.2) is 26.9 Å². The summed E-state index contributed by atoms with van der Waals surface area (Å²) in [6.07, 6.45) is 6.11. The van der Waals surface area contributed by atoms with Gasteiger partial charge in [-0.2, -0.15) is 0 Å². The molecule has 184 valence electrons. The molecule has 1 saturated heterocycles. The van der Waals surface area contributed by atoms with Crippen LogP contribution >= 0.6 is 27.7 Å². The zero-order valence-electron chi connectivity index (χ0n) is 19.6. The smallest absolute Gasteiger partial charge is 0.270 e. The molecule has 2 aromatic carbocycles. The van der Waals surface area contributed by atoms with E-state index < -0.39 is 4.92 Å². The number of amides is 1. The van der Waals surface area contributed by atoms with Crippen molar-refractivity contribution in [2.24, 2.45) is 10.9 Å². The first kappa shape index (κ1) is 24.5. The van der Waals surface area contributed by atoms with E-state index in [0.29, 0.717) is 37.5 Å². The number of aliphatic imine (C=N–C) groups is 1. The number of nitro benzene ring substituents is 1.